The minimum absolute atomic E-state index is 0.0403. The van der Waals surface area contributed by atoms with Crippen LogP contribution in [0.3, 0.4) is 0 Å². The lowest BCUT2D eigenvalue weighted by molar-refractivity contribution is 0.0923. The lowest BCUT2D eigenvalue weighted by Gasteiger charge is -2.28. The Hall–Kier alpha value is -1.06. The molecule has 1 fully saturated rings. The van der Waals surface area contributed by atoms with Crippen LogP contribution in [0.5, 0.6) is 0 Å². The molecule has 1 aliphatic heterocycles. The largest absolute Gasteiger partial charge is 0.347 e. The number of rotatable bonds is 2. The van der Waals surface area contributed by atoms with E-state index in [4.69, 9.17) is 11.6 Å². The van der Waals surface area contributed by atoms with E-state index in [1.807, 2.05) is 6.92 Å². The molecule has 1 aromatic rings. The number of carbonyl (C=O) groups excluding carboxylic acids is 1. The highest BCUT2D eigenvalue weighted by molar-refractivity contribution is 6.31. The Morgan fingerprint density at radius 2 is 2.27 bits per heavy atom. The molecule has 1 aromatic carbocycles. The van der Waals surface area contributed by atoms with Crippen molar-refractivity contribution in [2.75, 3.05) is 13.1 Å². The van der Waals surface area contributed by atoms with Gasteiger partial charge in [-0.25, -0.2) is 0 Å². The number of hydrogen-bond acceptors (Lipinski definition) is 2. The van der Waals surface area contributed by atoms with Gasteiger partial charge in [-0.15, -0.1) is 0 Å². The zero-order valence-electron chi connectivity index (χ0n) is 8.51. The van der Waals surface area contributed by atoms with E-state index in [9.17, 15) is 4.79 Å². The van der Waals surface area contributed by atoms with Gasteiger partial charge in [-0.3, -0.25) is 4.79 Å². The summed E-state index contributed by atoms with van der Waals surface area (Å²) in [6.07, 6.45) is 0. The molecule has 0 bridgehead atoms. The quantitative estimate of drug-likeness (QED) is 0.796. The van der Waals surface area contributed by atoms with Gasteiger partial charge in [-0.2, -0.15) is 0 Å². The van der Waals surface area contributed by atoms with Gasteiger partial charge < -0.3 is 10.6 Å². The van der Waals surface area contributed by atoms with Crippen molar-refractivity contribution in [3.05, 3.63) is 34.3 Å². The molecule has 0 spiro atoms. The normalized spacial score (nSPS) is 15.9. The molecule has 2 rings (SSSR count). The van der Waals surface area contributed by atoms with Gasteiger partial charge in [0.05, 0.1) is 6.04 Å². The summed E-state index contributed by atoms with van der Waals surface area (Å²) < 4.78 is 0. The van der Waals surface area contributed by atoms with E-state index < -0.39 is 0 Å². The van der Waals surface area contributed by atoms with Crippen LogP contribution < -0.4 is 10.6 Å². The maximum Gasteiger partial charge on any atom is 0.251 e. The van der Waals surface area contributed by atoms with E-state index in [0.29, 0.717) is 10.6 Å². The number of nitrogens with one attached hydrogen (secondary N) is 2. The molecule has 0 aliphatic carbocycles. The highest BCUT2D eigenvalue weighted by Gasteiger charge is 2.20. The molecule has 2 N–H and O–H groups in total. The fourth-order valence-corrected chi connectivity index (χ4v) is 1.68. The second kappa shape index (κ2) is 4.21. The van der Waals surface area contributed by atoms with Gasteiger partial charge in [-0.1, -0.05) is 17.7 Å². The first-order valence-electron chi connectivity index (χ1n) is 4.95. The predicted octanol–water partition coefficient (Wildman–Crippen LogP) is 1.35. The molecule has 1 saturated heterocycles. The monoisotopic (exact) mass is 224 g/mol. The molecule has 0 radical (unpaired) electrons. The fourth-order valence-electron chi connectivity index (χ4n) is 1.51. The van der Waals surface area contributed by atoms with Crippen molar-refractivity contribution in [1.82, 2.24) is 10.6 Å². The third-order valence-corrected chi connectivity index (χ3v) is 3.04. The molecular formula is C11H13ClN2O. The SMILES string of the molecule is Cc1c(Cl)cccc1C(=O)NC1CNC1. The Labute approximate surface area is 93.8 Å². The summed E-state index contributed by atoms with van der Waals surface area (Å²) in [6, 6.07) is 5.64. The summed E-state index contributed by atoms with van der Waals surface area (Å²) in [4.78, 5) is 11.8. The standard InChI is InChI=1S/C11H13ClN2O/c1-7-9(3-2-4-10(7)12)11(15)14-8-5-13-6-8/h2-4,8,13H,5-6H2,1H3,(H,14,15). The highest BCUT2D eigenvalue weighted by Crippen LogP contribution is 2.18. The summed E-state index contributed by atoms with van der Waals surface area (Å²) in [5.41, 5.74) is 1.50. The third kappa shape index (κ3) is 2.13. The van der Waals surface area contributed by atoms with Gasteiger partial charge in [0.2, 0.25) is 0 Å². The van der Waals surface area contributed by atoms with Gasteiger partial charge in [0.1, 0.15) is 0 Å². The molecule has 0 aromatic heterocycles. The van der Waals surface area contributed by atoms with E-state index in [1.165, 1.54) is 0 Å². The molecule has 15 heavy (non-hydrogen) atoms. The lowest BCUT2D eigenvalue weighted by Crippen LogP contribution is -2.57. The average molecular weight is 225 g/mol. The van der Waals surface area contributed by atoms with Crippen LogP contribution in [-0.4, -0.2) is 25.0 Å². The topological polar surface area (TPSA) is 41.1 Å². The predicted molar refractivity (Wildman–Crippen MR) is 60.3 cm³/mol. The smallest absolute Gasteiger partial charge is 0.251 e. The van der Waals surface area contributed by atoms with Crippen LogP contribution in [0.4, 0.5) is 0 Å². The lowest BCUT2D eigenvalue weighted by atomic mass is 10.1. The van der Waals surface area contributed by atoms with Crippen molar-refractivity contribution >= 4 is 17.5 Å². The number of carbonyl (C=O) groups is 1. The number of hydrogen-bond donors (Lipinski definition) is 2. The van der Waals surface area contributed by atoms with Gasteiger partial charge in [0.25, 0.3) is 5.91 Å². The van der Waals surface area contributed by atoms with E-state index in [0.717, 1.165) is 18.7 Å². The Morgan fingerprint density at radius 1 is 1.53 bits per heavy atom. The van der Waals surface area contributed by atoms with Crippen molar-refractivity contribution in [3.8, 4) is 0 Å². The highest BCUT2D eigenvalue weighted by atomic mass is 35.5. The molecule has 4 heteroatoms. The van der Waals surface area contributed by atoms with E-state index in [-0.39, 0.29) is 11.9 Å². The zero-order chi connectivity index (χ0) is 10.8. The maximum atomic E-state index is 11.8. The van der Waals surface area contributed by atoms with Crippen LogP contribution in [0, 0.1) is 6.92 Å². The van der Waals surface area contributed by atoms with Crippen LogP contribution in [0.25, 0.3) is 0 Å². The van der Waals surface area contributed by atoms with Crippen LogP contribution >= 0.6 is 11.6 Å². The molecular weight excluding hydrogens is 212 g/mol. The summed E-state index contributed by atoms with van der Waals surface area (Å²) in [6.45, 7) is 3.56. The van der Waals surface area contributed by atoms with Crippen LogP contribution in [-0.2, 0) is 0 Å². The summed E-state index contributed by atoms with van der Waals surface area (Å²) in [7, 11) is 0. The molecule has 80 valence electrons. The summed E-state index contributed by atoms with van der Waals surface area (Å²) >= 11 is 5.95. The number of halogens is 1. The number of benzene rings is 1. The van der Waals surface area contributed by atoms with Gasteiger partial charge >= 0.3 is 0 Å². The van der Waals surface area contributed by atoms with Crippen LogP contribution in [0.1, 0.15) is 15.9 Å². The maximum absolute atomic E-state index is 11.8. The van der Waals surface area contributed by atoms with Gasteiger partial charge in [0, 0.05) is 23.7 Å². The van der Waals surface area contributed by atoms with E-state index >= 15 is 0 Å². The number of amides is 1. The van der Waals surface area contributed by atoms with E-state index in [1.54, 1.807) is 18.2 Å². The summed E-state index contributed by atoms with van der Waals surface area (Å²) in [5.74, 6) is -0.0403. The molecule has 1 heterocycles. The molecule has 1 amide bonds. The molecule has 0 unspecified atom stereocenters. The molecule has 1 aliphatic rings. The fraction of sp³-hybridized carbons (Fsp3) is 0.364. The molecule has 0 saturated carbocycles. The third-order valence-electron chi connectivity index (χ3n) is 2.63. The first-order chi connectivity index (χ1) is 7.18. The first-order valence-corrected chi connectivity index (χ1v) is 5.33. The van der Waals surface area contributed by atoms with Crippen molar-refractivity contribution in [2.45, 2.75) is 13.0 Å². The molecule has 3 nitrogen and oxygen atoms in total. The Bertz CT molecular complexity index is 388. The van der Waals surface area contributed by atoms with Crippen molar-refractivity contribution in [2.24, 2.45) is 0 Å². The Kier molecular flexibility index (Phi) is 2.93. The minimum atomic E-state index is -0.0403. The minimum Gasteiger partial charge on any atom is -0.347 e. The van der Waals surface area contributed by atoms with Gasteiger partial charge in [-0.05, 0) is 24.6 Å². The van der Waals surface area contributed by atoms with Gasteiger partial charge in [0.15, 0.2) is 0 Å². The second-order valence-corrected chi connectivity index (χ2v) is 4.15. The van der Waals surface area contributed by atoms with Crippen LogP contribution in [0.2, 0.25) is 5.02 Å². The Morgan fingerprint density at radius 3 is 2.87 bits per heavy atom. The van der Waals surface area contributed by atoms with Crippen molar-refractivity contribution in [3.63, 3.8) is 0 Å². The van der Waals surface area contributed by atoms with E-state index in [2.05, 4.69) is 10.6 Å². The summed E-state index contributed by atoms with van der Waals surface area (Å²) in [5, 5.41) is 6.68. The first kappa shape index (κ1) is 10.5. The Balaban J connectivity index is 2.13. The second-order valence-electron chi connectivity index (χ2n) is 3.74. The average Bonchev–Trinajstić information content (AvgIpc) is 2.15. The van der Waals surface area contributed by atoms with Crippen molar-refractivity contribution in [1.29, 1.82) is 0 Å². The zero-order valence-corrected chi connectivity index (χ0v) is 9.27. The van der Waals surface area contributed by atoms with Crippen molar-refractivity contribution < 1.29 is 4.79 Å². The molecule has 0 atom stereocenters. The van der Waals surface area contributed by atoms with Crippen LogP contribution in [0.15, 0.2) is 18.2 Å².